The lowest BCUT2D eigenvalue weighted by atomic mass is 10.1. The molecule has 1 atom stereocenters. The maximum atomic E-state index is 13.2. The Balaban J connectivity index is 2.41. The predicted molar refractivity (Wildman–Crippen MR) is 75.2 cm³/mol. The van der Waals surface area contributed by atoms with Gasteiger partial charge in [0, 0.05) is 9.35 Å². The van der Waals surface area contributed by atoms with E-state index in [0.29, 0.717) is 5.56 Å². The van der Waals surface area contributed by atoms with Gasteiger partial charge >= 0.3 is 0 Å². The summed E-state index contributed by atoms with van der Waals surface area (Å²) >= 11 is 8.22. The number of nitrogens with two attached hydrogens (primary N) is 1. The van der Waals surface area contributed by atoms with E-state index < -0.39 is 11.6 Å². The van der Waals surface area contributed by atoms with Crippen LogP contribution in [-0.2, 0) is 0 Å². The number of hydrazine groups is 1. The van der Waals surface area contributed by atoms with E-state index in [2.05, 4.69) is 37.3 Å². The Bertz CT molecular complexity index is 555. The Morgan fingerprint density at radius 2 is 1.89 bits per heavy atom. The highest BCUT2D eigenvalue weighted by atomic mass is 79.9. The first-order valence-electron chi connectivity index (χ1n) is 4.88. The van der Waals surface area contributed by atoms with Gasteiger partial charge < -0.3 is 0 Å². The van der Waals surface area contributed by atoms with Crippen LogP contribution in [0.4, 0.5) is 8.78 Å². The van der Waals surface area contributed by atoms with Gasteiger partial charge in [0.05, 0.1) is 9.83 Å². The predicted octanol–water partition coefficient (Wildman–Crippen LogP) is 4.10. The zero-order valence-corrected chi connectivity index (χ0v) is 12.9. The third-order valence-electron chi connectivity index (χ3n) is 2.39. The second kappa shape index (κ2) is 5.75. The number of thiophene rings is 1. The van der Waals surface area contributed by atoms with E-state index in [-0.39, 0.29) is 6.04 Å². The fraction of sp³-hybridized carbons (Fsp3) is 0.0909. The summed E-state index contributed by atoms with van der Waals surface area (Å²) in [4.78, 5) is 0.891. The highest BCUT2D eigenvalue weighted by Crippen LogP contribution is 2.37. The summed E-state index contributed by atoms with van der Waals surface area (Å²) in [6, 6.07) is 5.23. The molecule has 0 spiro atoms. The van der Waals surface area contributed by atoms with Gasteiger partial charge in [0.2, 0.25) is 0 Å². The Labute approximate surface area is 123 Å². The van der Waals surface area contributed by atoms with Crippen molar-refractivity contribution in [2.75, 3.05) is 0 Å². The van der Waals surface area contributed by atoms with Crippen LogP contribution in [0.25, 0.3) is 0 Å². The molecular formula is C11H8Br2F2N2S. The molecule has 0 aliphatic rings. The normalized spacial score (nSPS) is 12.7. The SMILES string of the molecule is NNC(c1ccc(F)c(F)c1)c1cc(Br)c(Br)s1. The minimum Gasteiger partial charge on any atom is -0.271 e. The molecular weight excluding hydrogens is 390 g/mol. The Hall–Kier alpha value is -0.340. The Morgan fingerprint density at radius 1 is 1.17 bits per heavy atom. The maximum Gasteiger partial charge on any atom is 0.159 e. The lowest BCUT2D eigenvalue weighted by molar-refractivity contribution is 0.504. The highest BCUT2D eigenvalue weighted by Gasteiger charge is 2.18. The van der Waals surface area contributed by atoms with Crippen molar-refractivity contribution in [1.82, 2.24) is 5.43 Å². The van der Waals surface area contributed by atoms with Gasteiger partial charge in [-0.25, -0.2) is 14.2 Å². The zero-order valence-electron chi connectivity index (χ0n) is 8.88. The van der Waals surface area contributed by atoms with Gasteiger partial charge in [-0.15, -0.1) is 11.3 Å². The first-order valence-corrected chi connectivity index (χ1v) is 7.29. The first kappa shape index (κ1) is 14.1. The lowest BCUT2D eigenvalue weighted by Gasteiger charge is -2.14. The van der Waals surface area contributed by atoms with E-state index in [1.165, 1.54) is 17.4 Å². The van der Waals surface area contributed by atoms with Crippen molar-refractivity contribution in [2.24, 2.45) is 5.84 Å². The van der Waals surface area contributed by atoms with Crippen molar-refractivity contribution in [3.8, 4) is 0 Å². The summed E-state index contributed by atoms with van der Waals surface area (Å²) in [5.41, 5.74) is 3.17. The smallest absolute Gasteiger partial charge is 0.159 e. The third-order valence-corrected chi connectivity index (χ3v) is 5.71. The van der Waals surface area contributed by atoms with Gasteiger partial charge in [-0.05, 0) is 55.6 Å². The highest BCUT2D eigenvalue weighted by molar-refractivity contribution is 9.13. The van der Waals surface area contributed by atoms with Crippen molar-refractivity contribution >= 4 is 43.2 Å². The molecule has 3 N–H and O–H groups in total. The van der Waals surface area contributed by atoms with Gasteiger partial charge in [-0.2, -0.15) is 0 Å². The molecule has 0 aliphatic carbocycles. The van der Waals surface area contributed by atoms with Gasteiger partial charge in [-0.1, -0.05) is 6.07 Å². The van der Waals surface area contributed by atoms with Gasteiger partial charge in [-0.3, -0.25) is 5.84 Å². The molecule has 0 bridgehead atoms. The van der Waals surface area contributed by atoms with Crippen molar-refractivity contribution in [2.45, 2.75) is 6.04 Å². The van der Waals surface area contributed by atoms with Crippen LogP contribution in [0.15, 0.2) is 32.5 Å². The van der Waals surface area contributed by atoms with Crippen LogP contribution < -0.4 is 11.3 Å². The van der Waals surface area contributed by atoms with Gasteiger partial charge in [0.15, 0.2) is 11.6 Å². The van der Waals surface area contributed by atoms with E-state index in [1.807, 2.05) is 6.07 Å². The minimum atomic E-state index is -0.887. The molecule has 7 heteroatoms. The number of rotatable bonds is 3. The summed E-state index contributed by atoms with van der Waals surface area (Å²) in [7, 11) is 0. The fourth-order valence-corrected chi connectivity index (χ4v) is 3.72. The Kier molecular flexibility index (Phi) is 4.50. The molecule has 0 radical (unpaired) electrons. The van der Waals surface area contributed by atoms with Gasteiger partial charge in [0.1, 0.15) is 0 Å². The average molecular weight is 398 g/mol. The summed E-state index contributed by atoms with van der Waals surface area (Å²) in [5, 5.41) is 0. The Morgan fingerprint density at radius 3 is 2.39 bits per heavy atom. The van der Waals surface area contributed by atoms with Crippen molar-refractivity contribution < 1.29 is 8.78 Å². The van der Waals surface area contributed by atoms with Crippen molar-refractivity contribution in [3.05, 3.63) is 54.6 Å². The van der Waals surface area contributed by atoms with Gasteiger partial charge in [0.25, 0.3) is 0 Å². The molecule has 0 fully saturated rings. The number of hydrogen-bond donors (Lipinski definition) is 2. The molecule has 2 nitrogen and oxygen atoms in total. The maximum absolute atomic E-state index is 13.2. The molecule has 18 heavy (non-hydrogen) atoms. The number of hydrogen-bond acceptors (Lipinski definition) is 3. The lowest BCUT2D eigenvalue weighted by Crippen LogP contribution is -2.28. The van der Waals surface area contributed by atoms with E-state index in [0.717, 1.165) is 25.3 Å². The molecule has 0 saturated carbocycles. The number of halogens is 4. The minimum absolute atomic E-state index is 0.382. The summed E-state index contributed by atoms with van der Waals surface area (Å²) < 4.78 is 27.9. The number of benzene rings is 1. The van der Waals surface area contributed by atoms with E-state index >= 15 is 0 Å². The van der Waals surface area contributed by atoms with Crippen LogP contribution >= 0.6 is 43.2 Å². The second-order valence-corrected chi connectivity index (χ2v) is 6.80. The van der Waals surface area contributed by atoms with E-state index in [9.17, 15) is 8.78 Å². The molecule has 0 aliphatic heterocycles. The average Bonchev–Trinajstić information content (AvgIpc) is 2.65. The molecule has 96 valence electrons. The van der Waals surface area contributed by atoms with Crippen LogP contribution in [0.5, 0.6) is 0 Å². The number of nitrogens with one attached hydrogen (secondary N) is 1. The molecule has 1 heterocycles. The van der Waals surface area contributed by atoms with Crippen molar-refractivity contribution in [1.29, 1.82) is 0 Å². The quantitative estimate of drug-likeness (QED) is 0.604. The molecule has 1 aromatic carbocycles. The monoisotopic (exact) mass is 396 g/mol. The molecule has 2 aromatic rings. The van der Waals surface area contributed by atoms with Crippen molar-refractivity contribution in [3.63, 3.8) is 0 Å². The van der Waals surface area contributed by atoms with Crippen LogP contribution in [-0.4, -0.2) is 0 Å². The molecule has 1 unspecified atom stereocenters. The zero-order chi connectivity index (χ0) is 13.3. The second-order valence-electron chi connectivity index (χ2n) is 3.54. The van der Waals surface area contributed by atoms with Crippen LogP contribution in [0.3, 0.4) is 0 Å². The van der Waals surface area contributed by atoms with Crippen LogP contribution in [0.1, 0.15) is 16.5 Å². The molecule has 1 aromatic heterocycles. The first-order chi connectivity index (χ1) is 8.52. The van der Waals surface area contributed by atoms with E-state index in [1.54, 1.807) is 0 Å². The molecule has 2 rings (SSSR count). The molecule has 0 amide bonds. The van der Waals surface area contributed by atoms with E-state index in [4.69, 9.17) is 5.84 Å². The fourth-order valence-electron chi connectivity index (χ4n) is 1.54. The summed E-state index contributed by atoms with van der Waals surface area (Å²) in [6.07, 6.45) is 0. The largest absolute Gasteiger partial charge is 0.271 e. The summed E-state index contributed by atoms with van der Waals surface area (Å²) in [6.45, 7) is 0. The topological polar surface area (TPSA) is 38.0 Å². The van der Waals surface area contributed by atoms with Crippen LogP contribution in [0.2, 0.25) is 0 Å². The molecule has 0 saturated heterocycles. The third kappa shape index (κ3) is 2.80. The standard InChI is InChI=1S/C11H8Br2F2N2S/c12-6-4-9(18-11(6)13)10(17-16)5-1-2-7(14)8(15)3-5/h1-4,10,17H,16H2. The summed E-state index contributed by atoms with van der Waals surface area (Å²) in [5.74, 6) is 3.74. The van der Waals surface area contributed by atoms with Crippen LogP contribution in [0, 0.1) is 11.6 Å².